The summed E-state index contributed by atoms with van der Waals surface area (Å²) < 4.78 is 59.7. The predicted molar refractivity (Wildman–Crippen MR) is 142 cm³/mol. The Morgan fingerprint density at radius 3 is 2.43 bits per heavy atom. The van der Waals surface area contributed by atoms with Crippen molar-refractivity contribution in [3.05, 3.63) is 81.2 Å². The van der Waals surface area contributed by atoms with Crippen molar-refractivity contribution in [1.29, 1.82) is 0 Å². The third-order valence-corrected chi connectivity index (χ3v) is 8.43. The Bertz CT molecular complexity index is 1370. The summed E-state index contributed by atoms with van der Waals surface area (Å²) in [5, 5.41) is 2.71. The first-order valence-corrected chi connectivity index (χ1v) is 14.1. The van der Waals surface area contributed by atoms with Crippen molar-refractivity contribution in [3.8, 4) is 0 Å². The molecule has 1 aromatic heterocycles. The van der Waals surface area contributed by atoms with Crippen LogP contribution in [0.1, 0.15) is 35.7 Å². The third-order valence-electron chi connectivity index (χ3n) is 5.79. The number of nitrogens with one attached hydrogen (secondary N) is 2. The molecule has 37 heavy (non-hydrogen) atoms. The maximum Gasteiger partial charge on any atom is 0.277 e. The minimum atomic E-state index is -4.53. The molecule has 3 aromatic rings. The largest absolute Gasteiger partial charge is 0.352 e. The number of benzene rings is 2. The topological polar surface area (TPSA) is 101 Å². The van der Waals surface area contributed by atoms with Gasteiger partial charge in [-0.05, 0) is 89.4 Å². The van der Waals surface area contributed by atoms with Crippen LogP contribution in [0.25, 0.3) is 0 Å². The third kappa shape index (κ3) is 6.61. The first-order valence-electron chi connectivity index (χ1n) is 11.6. The van der Waals surface area contributed by atoms with E-state index in [1.807, 2.05) is 0 Å². The number of amides is 1. The summed E-state index contributed by atoms with van der Waals surface area (Å²) in [5.41, 5.74) is 2.32. The molecule has 0 atom stereocenters. The first kappa shape index (κ1) is 27.4. The molecule has 0 aliphatic heterocycles. The molecule has 8 nitrogen and oxygen atoms in total. The number of hydroxylamine groups is 1. The van der Waals surface area contributed by atoms with Crippen LogP contribution < -0.4 is 10.8 Å². The van der Waals surface area contributed by atoms with E-state index < -0.39 is 43.7 Å². The molecule has 0 unspecified atom stereocenters. The molecular weight excluding hydrogens is 617 g/mol. The minimum Gasteiger partial charge on any atom is -0.352 e. The average molecular weight is 642 g/mol. The summed E-state index contributed by atoms with van der Waals surface area (Å²) in [6, 6.07) is 10.8. The van der Waals surface area contributed by atoms with Crippen LogP contribution in [0.5, 0.6) is 0 Å². The summed E-state index contributed by atoms with van der Waals surface area (Å²) in [6.45, 7) is 1.76. The lowest BCUT2D eigenvalue weighted by Crippen LogP contribution is -2.32. The van der Waals surface area contributed by atoms with Gasteiger partial charge in [0.2, 0.25) is 10.0 Å². The van der Waals surface area contributed by atoms with E-state index in [0.29, 0.717) is 17.2 Å². The Hall–Kier alpha value is -2.68. The van der Waals surface area contributed by atoms with E-state index in [2.05, 4.69) is 38.4 Å². The van der Waals surface area contributed by atoms with Crippen molar-refractivity contribution in [2.75, 3.05) is 18.5 Å². The fourth-order valence-corrected chi connectivity index (χ4v) is 5.41. The Kier molecular flexibility index (Phi) is 8.72. The van der Waals surface area contributed by atoms with E-state index in [4.69, 9.17) is 4.84 Å². The highest BCUT2D eigenvalue weighted by Gasteiger charge is 2.33. The number of nitrogens with zero attached hydrogens (tertiary/aromatic N) is 2. The zero-order valence-electron chi connectivity index (χ0n) is 19.9. The predicted octanol–water partition coefficient (Wildman–Crippen LogP) is 4.99. The van der Waals surface area contributed by atoms with Crippen molar-refractivity contribution in [1.82, 2.24) is 14.8 Å². The molecule has 1 fully saturated rings. The lowest BCUT2D eigenvalue weighted by molar-refractivity contribution is 0.0270. The molecular formula is C25H25F2IN4O4S. The number of anilines is 2. The highest BCUT2D eigenvalue weighted by Crippen LogP contribution is 2.33. The number of sulfonamides is 1. The smallest absolute Gasteiger partial charge is 0.277 e. The summed E-state index contributed by atoms with van der Waals surface area (Å²) in [4.78, 5) is 21.2. The maximum absolute atomic E-state index is 15.5. The van der Waals surface area contributed by atoms with E-state index in [1.54, 1.807) is 43.3 Å². The van der Waals surface area contributed by atoms with Gasteiger partial charge < -0.3 is 5.32 Å². The molecule has 2 N–H and O–H groups in total. The van der Waals surface area contributed by atoms with Crippen molar-refractivity contribution in [2.45, 2.75) is 31.2 Å². The number of aromatic nitrogens is 1. The van der Waals surface area contributed by atoms with Gasteiger partial charge >= 0.3 is 0 Å². The van der Waals surface area contributed by atoms with E-state index in [1.165, 1.54) is 12.4 Å². The van der Waals surface area contributed by atoms with E-state index in [9.17, 15) is 13.2 Å². The summed E-state index contributed by atoms with van der Waals surface area (Å²) in [5.74, 6) is -3.65. The minimum absolute atomic E-state index is 0.0135. The monoisotopic (exact) mass is 642 g/mol. The van der Waals surface area contributed by atoms with Crippen molar-refractivity contribution in [2.24, 2.45) is 5.92 Å². The van der Waals surface area contributed by atoms with Gasteiger partial charge in [0.1, 0.15) is 4.90 Å². The summed E-state index contributed by atoms with van der Waals surface area (Å²) >= 11 is 2.10. The zero-order valence-corrected chi connectivity index (χ0v) is 22.9. The van der Waals surface area contributed by atoms with Gasteiger partial charge in [-0.25, -0.2) is 22.7 Å². The number of carbonyl (C=O) groups is 1. The molecule has 1 aliphatic carbocycles. The molecule has 0 saturated heterocycles. The second kappa shape index (κ2) is 11.8. The standard InChI is InChI=1S/C25H25F2IN4O4S/c1-2-32(14-16-9-11-29-12-10-16)37(34,35)21-13-20(25(33)31-36-15-17-3-4-17)24(23(27)22(21)26)30-19-7-5-18(28)6-8-19/h5-13,17,30H,2-4,14-15H2,1H3,(H,31,33). The molecule has 12 heteroatoms. The number of hydrogen-bond donors (Lipinski definition) is 2. The van der Waals surface area contributed by atoms with Crippen molar-refractivity contribution in [3.63, 3.8) is 0 Å². The van der Waals surface area contributed by atoms with E-state index >= 15 is 8.78 Å². The lowest BCUT2D eigenvalue weighted by atomic mass is 10.1. The Labute approximate surface area is 227 Å². The van der Waals surface area contributed by atoms with Gasteiger partial charge in [0.15, 0.2) is 11.6 Å². The van der Waals surface area contributed by atoms with Gasteiger partial charge in [-0.1, -0.05) is 6.92 Å². The SMILES string of the molecule is CCN(Cc1ccncc1)S(=O)(=O)c1cc(C(=O)NOCC2CC2)c(Nc2ccc(I)cc2)c(F)c1F. The van der Waals surface area contributed by atoms with Crippen LogP contribution in [-0.2, 0) is 21.4 Å². The van der Waals surface area contributed by atoms with Gasteiger partial charge in [0.05, 0.1) is 17.9 Å². The quantitative estimate of drug-likeness (QED) is 0.226. The fourth-order valence-electron chi connectivity index (χ4n) is 3.53. The number of rotatable bonds is 11. The van der Waals surface area contributed by atoms with Crippen LogP contribution in [-0.4, -0.2) is 36.8 Å². The summed E-state index contributed by atoms with van der Waals surface area (Å²) in [7, 11) is -4.53. The first-order chi connectivity index (χ1) is 17.7. The molecule has 196 valence electrons. The van der Waals surface area contributed by atoms with Crippen LogP contribution in [0.4, 0.5) is 20.2 Å². The normalized spacial score (nSPS) is 13.5. The number of pyridine rings is 1. The van der Waals surface area contributed by atoms with Crippen LogP contribution in [0, 0.1) is 21.1 Å². The van der Waals surface area contributed by atoms with E-state index in [0.717, 1.165) is 26.8 Å². The number of halogens is 3. The molecule has 0 spiro atoms. The second-order valence-corrected chi connectivity index (χ2v) is 11.7. The summed E-state index contributed by atoms with van der Waals surface area (Å²) in [6.07, 6.45) is 4.97. The molecule has 1 amide bonds. The molecule has 0 bridgehead atoms. The van der Waals surface area contributed by atoms with Gasteiger partial charge in [-0.2, -0.15) is 4.31 Å². The molecule has 1 aliphatic rings. The second-order valence-electron chi connectivity index (χ2n) is 8.53. The van der Waals surface area contributed by atoms with Crippen LogP contribution in [0.2, 0.25) is 0 Å². The maximum atomic E-state index is 15.5. The molecule has 2 aromatic carbocycles. The van der Waals surface area contributed by atoms with Crippen molar-refractivity contribution < 1.29 is 26.8 Å². The van der Waals surface area contributed by atoms with Crippen LogP contribution in [0.3, 0.4) is 0 Å². The van der Waals surface area contributed by atoms with Gasteiger partial charge in [-0.3, -0.25) is 14.6 Å². The Morgan fingerprint density at radius 1 is 1.14 bits per heavy atom. The highest BCUT2D eigenvalue weighted by molar-refractivity contribution is 14.1. The number of hydrogen-bond acceptors (Lipinski definition) is 6. The molecule has 1 saturated carbocycles. The number of carbonyl (C=O) groups excluding carboxylic acids is 1. The van der Waals surface area contributed by atoms with Gasteiger partial charge in [-0.15, -0.1) is 0 Å². The Balaban J connectivity index is 1.74. The van der Waals surface area contributed by atoms with Crippen LogP contribution in [0.15, 0.2) is 59.8 Å². The Morgan fingerprint density at radius 2 is 1.81 bits per heavy atom. The van der Waals surface area contributed by atoms with Crippen molar-refractivity contribution >= 4 is 49.9 Å². The molecule has 0 radical (unpaired) electrons. The highest BCUT2D eigenvalue weighted by atomic mass is 127. The lowest BCUT2D eigenvalue weighted by Gasteiger charge is -2.22. The molecule has 1 heterocycles. The van der Waals surface area contributed by atoms with E-state index in [-0.39, 0.29) is 19.7 Å². The molecule has 4 rings (SSSR count). The van der Waals surface area contributed by atoms with Crippen LogP contribution >= 0.6 is 22.6 Å². The van der Waals surface area contributed by atoms with Gasteiger partial charge in [0, 0.05) is 34.7 Å². The zero-order chi connectivity index (χ0) is 26.6. The van der Waals surface area contributed by atoms with Gasteiger partial charge in [0.25, 0.3) is 5.91 Å². The average Bonchev–Trinajstić information content (AvgIpc) is 3.71. The fraction of sp³-hybridized carbons (Fsp3) is 0.280.